The van der Waals surface area contributed by atoms with Crippen LogP contribution in [-0.2, 0) is 14.8 Å². The quantitative estimate of drug-likeness (QED) is 0.718. The summed E-state index contributed by atoms with van der Waals surface area (Å²) >= 11 is 0. The molecule has 3 rings (SSSR count). The fourth-order valence-corrected chi connectivity index (χ4v) is 4.40. The second kappa shape index (κ2) is 10.0. The molecule has 160 valence electrons. The summed E-state index contributed by atoms with van der Waals surface area (Å²) in [6.07, 6.45) is 6.46. The van der Waals surface area contributed by atoms with Gasteiger partial charge in [-0.25, -0.2) is 0 Å². The number of benzene rings is 2. The zero-order valence-electron chi connectivity index (χ0n) is 17.3. The number of rotatable bonds is 5. The summed E-state index contributed by atoms with van der Waals surface area (Å²) in [5, 5.41) is 11.8. The smallest absolute Gasteiger partial charge is 0.284 e. The average Bonchev–Trinajstić information content (AvgIpc) is 2.96. The molecule has 1 N–H and O–H groups in total. The van der Waals surface area contributed by atoms with E-state index in [2.05, 4.69) is 15.8 Å². The van der Waals surface area contributed by atoms with Gasteiger partial charge in [0, 0.05) is 31.8 Å². The van der Waals surface area contributed by atoms with Crippen molar-refractivity contribution in [3.63, 3.8) is 0 Å². The maximum absolute atomic E-state index is 12.8. The molecule has 0 spiro atoms. The van der Waals surface area contributed by atoms with E-state index >= 15 is 0 Å². The molecule has 1 amide bonds. The van der Waals surface area contributed by atoms with Crippen LogP contribution in [0.25, 0.3) is 6.08 Å². The van der Waals surface area contributed by atoms with Crippen LogP contribution in [0.2, 0.25) is 0 Å². The molecule has 2 aromatic rings. The third-order valence-electron chi connectivity index (χ3n) is 4.96. The fraction of sp³-hybridized carbons (Fsp3) is 0.261. The first kappa shape index (κ1) is 22.2. The number of nitriles is 1. The summed E-state index contributed by atoms with van der Waals surface area (Å²) in [6.45, 7) is 0.783. The second-order valence-corrected chi connectivity index (χ2v) is 8.87. The topological polar surface area (TPSA) is 103 Å². The van der Waals surface area contributed by atoms with Crippen LogP contribution in [0.3, 0.4) is 0 Å². The predicted molar refractivity (Wildman–Crippen MR) is 121 cm³/mol. The normalized spacial score (nSPS) is 16.1. The molecule has 0 radical (unpaired) electrons. The Balaban J connectivity index is 1.76. The van der Waals surface area contributed by atoms with E-state index in [0.29, 0.717) is 29.1 Å². The summed E-state index contributed by atoms with van der Waals surface area (Å²) in [4.78, 5) is 14.2. The number of nitrogens with one attached hydrogen (secondary N) is 1. The van der Waals surface area contributed by atoms with Crippen LogP contribution in [0, 0.1) is 11.3 Å². The number of anilines is 1. The summed E-state index contributed by atoms with van der Waals surface area (Å²) < 4.78 is 29.7. The van der Waals surface area contributed by atoms with E-state index in [-0.39, 0.29) is 4.90 Å². The highest BCUT2D eigenvalue weighted by Gasteiger charge is 2.18. The molecule has 1 saturated heterocycles. The van der Waals surface area contributed by atoms with Gasteiger partial charge in [-0.15, -0.1) is 4.40 Å². The third-order valence-corrected chi connectivity index (χ3v) is 6.26. The molecule has 0 bridgehead atoms. The molecule has 8 heteroatoms. The molecule has 2 aromatic carbocycles. The third kappa shape index (κ3) is 6.03. The summed E-state index contributed by atoms with van der Waals surface area (Å²) in [6, 6.07) is 15.0. The Kier molecular flexibility index (Phi) is 7.21. The van der Waals surface area contributed by atoms with Crippen LogP contribution in [0.5, 0.6) is 0 Å². The van der Waals surface area contributed by atoms with Gasteiger partial charge >= 0.3 is 0 Å². The van der Waals surface area contributed by atoms with E-state index in [0.717, 1.165) is 25.8 Å². The largest absolute Gasteiger partial charge is 0.362 e. The molecule has 0 aromatic heterocycles. The van der Waals surface area contributed by atoms with Gasteiger partial charge in [0.25, 0.3) is 10.0 Å². The lowest BCUT2D eigenvalue weighted by Gasteiger charge is -2.17. The molecule has 31 heavy (non-hydrogen) atoms. The lowest BCUT2D eigenvalue weighted by molar-refractivity contribution is -0.111. The number of amidine groups is 1. The summed E-state index contributed by atoms with van der Waals surface area (Å²) in [7, 11) is -2.04. The van der Waals surface area contributed by atoms with E-state index in [1.165, 1.54) is 18.2 Å². The highest BCUT2D eigenvalue weighted by molar-refractivity contribution is 7.90. The van der Waals surface area contributed by atoms with Crippen molar-refractivity contribution < 1.29 is 13.2 Å². The van der Waals surface area contributed by atoms with Crippen molar-refractivity contribution in [3.05, 3.63) is 65.7 Å². The predicted octanol–water partition coefficient (Wildman–Crippen LogP) is 3.80. The van der Waals surface area contributed by atoms with Crippen molar-refractivity contribution in [3.8, 4) is 6.07 Å². The number of carbonyl (C=O) groups excluding carboxylic acids is 1. The van der Waals surface area contributed by atoms with E-state index in [4.69, 9.17) is 5.26 Å². The van der Waals surface area contributed by atoms with Gasteiger partial charge in [-0.1, -0.05) is 30.7 Å². The lowest BCUT2D eigenvalue weighted by Crippen LogP contribution is -2.26. The Morgan fingerprint density at radius 1 is 1.16 bits per heavy atom. The number of sulfonamides is 1. The van der Waals surface area contributed by atoms with E-state index < -0.39 is 15.9 Å². The number of likely N-dealkylation sites (tertiary alicyclic amines) is 1. The Bertz CT molecular complexity index is 1160. The lowest BCUT2D eigenvalue weighted by atomic mass is 10.1. The van der Waals surface area contributed by atoms with Gasteiger partial charge in [0.1, 0.15) is 5.84 Å². The Hall–Kier alpha value is -3.44. The molecule has 0 unspecified atom stereocenters. The molecular formula is C23H24N4O3S. The van der Waals surface area contributed by atoms with Crippen molar-refractivity contribution in [2.45, 2.75) is 30.6 Å². The van der Waals surface area contributed by atoms with Gasteiger partial charge in [0.15, 0.2) is 0 Å². The molecule has 1 aliphatic heterocycles. The maximum Gasteiger partial charge on any atom is 0.284 e. The van der Waals surface area contributed by atoms with Crippen LogP contribution in [-0.4, -0.2) is 38.7 Å². The highest BCUT2D eigenvalue weighted by Crippen LogP contribution is 2.20. The first-order valence-electron chi connectivity index (χ1n) is 10.0. The van der Waals surface area contributed by atoms with Gasteiger partial charge in [0.2, 0.25) is 5.91 Å². The van der Waals surface area contributed by atoms with Crippen LogP contribution >= 0.6 is 0 Å². The van der Waals surface area contributed by atoms with Crippen molar-refractivity contribution in [2.24, 2.45) is 4.40 Å². The fourth-order valence-electron chi connectivity index (χ4n) is 3.26. The SMILES string of the molecule is CN1CCCCC/C1=N\S(=O)(=O)c1cccc(NC(=O)/C=C/c2ccccc2C#N)c1. The zero-order chi connectivity index (χ0) is 22.3. The first-order valence-corrected chi connectivity index (χ1v) is 11.5. The summed E-state index contributed by atoms with van der Waals surface area (Å²) in [5.41, 5.74) is 1.43. The van der Waals surface area contributed by atoms with Crippen molar-refractivity contribution >= 4 is 33.5 Å². The minimum Gasteiger partial charge on any atom is -0.362 e. The van der Waals surface area contributed by atoms with Gasteiger partial charge in [0.05, 0.1) is 16.5 Å². The Morgan fingerprint density at radius 2 is 1.97 bits per heavy atom. The Morgan fingerprint density at radius 3 is 2.77 bits per heavy atom. The molecule has 1 fully saturated rings. The monoisotopic (exact) mass is 436 g/mol. The molecule has 1 heterocycles. The standard InChI is InChI=1S/C23H24N4O3S/c1-27-15-6-2-3-12-22(27)26-31(29,30)21-11-7-10-20(16-21)25-23(28)14-13-18-8-4-5-9-19(18)17-24/h4-5,7-11,13-14,16H,2-3,6,12,15H2,1H3,(H,25,28)/b14-13+,26-22+. The molecular weight excluding hydrogens is 412 g/mol. The van der Waals surface area contributed by atoms with Crippen molar-refractivity contribution in [2.75, 3.05) is 18.9 Å². The van der Waals surface area contributed by atoms with Crippen LogP contribution in [0.4, 0.5) is 5.69 Å². The van der Waals surface area contributed by atoms with Crippen LogP contribution in [0.1, 0.15) is 36.8 Å². The van der Waals surface area contributed by atoms with Gasteiger partial charge in [-0.05, 0) is 48.7 Å². The minimum atomic E-state index is -3.89. The minimum absolute atomic E-state index is 0.0225. The maximum atomic E-state index is 12.8. The molecule has 0 aliphatic carbocycles. The number of hydrogen-bond donors (Lipinski definition) is 1. The van der Waals surface area contributed by atoms with E-state index in [9.17, 15) is 13.2 Å². The molecule has 7 nitrogen and oxygen atoms in total. The molecule has 0 saturated carbocycles. The Labute approximate surface area is 182 Å². The number of amides is 1. The van der Waals surface area contributed by atoms with E-state index in [1.54, 1.807) is 42.5 Å². The van der Waals surface area contributed by atoms with Crippen molar-refractivity contribution in [1.82, 2.24) is 4.90 Å². The second-order valence-electron chi connectivity index (χ2n) is 7.26. The van der Waals surface area contributed by atoms with Crippen LogP contribution < -0.4 is 5.32 Å². The van der Waals surface area contributed by atoms with E-state index in [1.807, 2.05) is 11.9 Å². The zero-order valence-corrected chi connectivity index (χ0v) is 18.1. The number of carbonyl (C=O) groups is 1. The first-order chi connectivity index (χ1) is 14.9. The van der Waals surface area contributed by atoms with Crippen molar-refractivity contribution in [1.29, 1.82) is 5.26 Å². The number of nitrogens with zero attached hydrogens (tertiary/aromatic N) is 3. The van der Waals surface area contributed by atoms with Gasteiger partial charge < -0.3 is 10.2 Å². The van der Waals surface area contributed by atoms with Gasteiger partial charge in [-0.2, -0.15) is 13.7 Å². The molecule has 1 aliphatic rings. The van der Waals surface area contributed by atoms with Crippen LogP contribution in [0.15, 0.2) is 63.9 Å². The van der Waals surface area contributed by atoms with Gasteiger partial charge in [-0.3, -0.25) is 4.79 Å². The average molecular weight is 437 g/mol. The molecule has 0 atom stereocenters. The highest BCUT2D eigenvalue weighted by atomic mass is 32.2. The number of hydrogen-bond acceptors (Lipinski definition) is 4. The summed E-state index contributed by atoms with van der Waals surface area (Å²) in [5.74, 6) is 0.128.